The van der Waals surface area contributed by atoms with E-state index in [1.165, 1.54) is 15.6 Å². The smallest absolute Gasteiger partial charge is 0.243 e. The van der Waals surface area contributed by atoms with Crippen LogP contribution in [0.2, 0.25) is 0 Å². The van der Waals surface area contributed by atoms with E-state index in [0.717, 1.165) is 28.6 Å². The number of anilines is 1. The molecule has 192 valence electrons. The average molecular weight is 530 g/mol. The summed E-state index contributed by atoms with van der Waals surface area (Å²) in [6.07, 6.45) is 2.81. The van der Waals surface area contributed by atoms with Gasteiger partial charge in [0.2, 0.25) is 15.9 Å². The second-order valence-electron chi connectivity index (χ2n) is 9.38. The van der Waals surface area contributed by atoms with Crippen LogP contribution in [0, 0.1) is 12.8 Å². The number of aromatic nitrogens is 1. The molecule has 1 amide bonds. The molecule has 3 heterocycles. The van der Waals surface area contributed by atoms with Crippen LogP contribution in [0.3, 0.4) is 0 Å². The number of carbonyl (C=O) groups excluding carboxylic acids is 1. The second kappa shape index (κ2) is 10.5. The van der Waals surface area contributed by atoms with Crippen LogP contribution in [0.4, 0.5) is 5.13 Å². The SMILES string of the molecule is COc1cccc2sc(N(CC3CCCO3)C(=O)C3CCN(S(=O)(=O)c4ccc(C)cc4)CC3)nc12. The normalized spacial score (nSPS) is 19.6. The van der Waals surface area contributed by atoms with Crippen molar-refractivity contribution in [2.75, 3.05) is 38.3 Å². The highest BCUT2D eigenvalue weighted by atomic mass is 32.2. The molecule has 36 heavy (non-hydrogen) atoms. The van der Waals surface area contributed by atoms with E-state index in [1.54, 1.807) is 36.3 Å². The van der Waals surface area contributed by atoms with Gasteiger partial charge < -0.3 is 9.47 Å². The summed E-state index contributed by atoms with van der Waals surface area (Å²) in [5.41, 5.74) is 1.75. The van der Waals surface area contributed by atoms with Crippen LogP contribution in [0.5, 0.6) is 5.75 Å². The van der Waals surface area contributed by atoms with Crippen molar-refractivity contribution in [1.29, 1.82) is 0 Å². The number of benzene rings is 2. The number of thiazole rings is 1. The van der Waals surface area contributed by atoms with Gasteiger partial charge in [0.15, 0.2) is 5.13 Å². The molecule has 0 N–H and O–H groups in total. The number of carbonyl (C=O) groups is 1. The summed E-state index contributed by atoms with van der Waals surface area (Å²) in [5, 5.41) is 0.629. The summed E-state index contributed by atoms with van der Waals surface area (Å²) < 4.78 is 40.0. The Morgan fingerprint density at radius 2 is 1.92 bits per heavy atom. The molecule has 2 aliphatic rings. The Bertz CT molecular complexity index is 1330. The molecule has 1 unspecified atom stereocenters. The lowest BCUT2D eigenvalue weighted by molar-refractivity contribution is -0.123. The maximum Gasteiger partial charge on any atom is 0.243 e. The number of aryl methyl sites for hydroxylation is 1. The highest BCUT2D eigenvalue weighted by Crippen LogP contribution is 2.36. The molecule has 1 aromatic heterocycles. The Kier molecular flexibility index (Phi) is 7.30. The van der Waals surface area contributed by atoms with Crippen LogP contribution in [-0.2, 0) is 19.6 Å². The van der Waals surface area contributed by atoms with Crippen LogP contribution >= 0.6 is 11.3 Å². The number of amides is 1. The topological polar surface area (TPSA) is 89.0 Å². The molecule has 0 aliphatic carbocycles. The molecule has 2 aliphatic heterocycles. The average Bonchev–Trinajstić information content (AvgIpc) is 3.57. The fraction of sp³-hybridized carbons (Fsp3) is 0.462. The molecule has 3 aromatic rings. The van der Waals surface area contributed by atoms with Crippen molar-refractivity contribution in [3.8, 4) is 5.75 Å². The van der Waals surface area contributed by atoms with E-state index in [4.69, 9.17) is 14.5 Å². The lowest BCUT2D eigenvalue weighted by atomic mass is 9.96. The van der Waals surface area contributed by atoms with E-state index < -0.39 is 10.0 Å². The summed E-state index contributed by atoms with van der Waals surface area (Å²) in [7, 11) is -1.97. The van der Waals surface area contributed by atoms with Gasteiger partial charge in [0.25, 0.3) is 0 Å². The fourth-order valence-corrected chi connectivity index (χ4v) is 7.34. The van der Waals surface area contributed by atoms with Crippen LogP contribution in [0.15, 0.2) is 47.4 Å². The molecule has 2 saturated heterocycles. The van der Waals surface area contributed by atoms with Crippen molar-refractivity contribution >= 4 is 42.6 Å². The lowest BCUT2D eigenvalue weighted by Gasteiger charge is -2.33. The molecule has 2 fully saturated rings. The molecule has 0 bridgehead atoms. The highest BCUT2D eigenvalue weighted by Gasteiger charge is 2.36. The largest absolute Gasteiger partial charge is 0.494 e. The molecule has 10 heteroatoms. The van der Waals surface area contributed by atoms with E-state index in [9.17, 15) is 13.2 Å². The van der Waals surface area contributed by atoms with E-state index in [-0.39, 0.29) is 17.9 Å². The zero-order chi connectivity index (χ0) is 25.3. The lowest BCUT2D eigenvalue weighted by Crippen LogP contribution is -2.46. The number of piperidine rings is 1. The minimum atomic E-state index is -3.58. The van der Waals surface area contributed by atoms with Gasteiger partial charge in [-0.3, -0.25) is 9.69 Å². The minimum Gasteiger partial charge on any atom is -0.494 e. The van der Waals surface area contributed by atoms with Gasteiger partial charge in [-0.2, -0.15) is 4.31 Å². The Morgan fingerprint density at radius 1 is 1.17 bits per heavy atom. The molecule has 0 spiro atoms. The van der Waals surface area contributed by atoms with Crippen molar-refractivity contribution in [2.45, 2.75) is 43.6 Å². The third kappa shape index (κ3) is 5.00. The predicted octanol–water partition coefficient (Wildman–Crippen LogP) is 4.23. The van der Waals surface area contributed by atoms with Gasteiger partial charge in [-0.1, -0.05) is 35.1 Å². The van der Waals surface area contributed by atoms with Crippen LogP contribution in [-0.4, -0.2) is 63.1 Å². The number of hydrogen-bond acceptors (Lipinski definition) is 7. The van der Waals surface area contributed by atoms with E-state index in [1.807, 2.05) is 25.1 Å². The van der Waals surface area contributed by atoms with Gasteiger partial charge >= 0.3 is 0 Å². The molecule has 1 atom stereocenters. The minimum absolute atomic E-state index is 0.0177. The number of methoxy groups -OCH3 is 1. The summed E-state index contributed by atoms with van der Waals surface area (Å²) in [6, 6.07) is 12.7. The molecular formula is C26H31N3O5S2. The second-order valence-corrected chi connectivity index (χ2v) is 12.3. The maximum atomic E-state index is 13.8. The van der Waals surface area contributed by atoms with Crippen molar-refractivity contribution in [2.24, 2.45) is 5.92 Å². The van der Waals surface area contributed by atoms with Crippen LogP contribution in [0.25, 0.3) is 10.2 Å². The summed E-state index contributed by atoms with van der Waals surface area (Å²) in [5.74, 6) is 0.384. The monoisotopic (exact) mass is 529 g/mol. The first-order chi connectivity index (χ1) is 17.4. The van der Waals surface area contributed by atoms with Crippen molar-refractivity contribution < 1.29 is 22.7 Å². The quantitative estimate of drug-likeness (QED) is 0.455. The standard InChI is InChI=1S/C26H31N3O5S2/c1-18-8-10-21(11-9-18)36(31,32)28-14-12-19(13-15-28)25(30)29(17-20-5-4-16-34-20)26-27-24-22(33-2)6-3-7-23(24)35-26/h3,6-11,19-20H,4-5,12-17H2,1-2H3. The van der Waals surface area contributed by atoms with Crippen LogP contribution in [0.1, 0.15) is 31.2 Å². The van der Waals surface area contributed by atoms with Gasteiger partial charge in [0.1, 0.15) is 11.3 Å². The van der Waals surface area contributed by atoms with Crippen molar-refractivity contribution in [1.82, 2.24) is 9.29 Å². The Balaban J connectivity index is 1.35. The zero-order valence-corrected chi connectivity index (χ0v) is 22.2. The molecule has 0 saturated carbocycles. The maximum absolute atomic E-state index is 13.8. The first-order valence-corrected chi connectivity index (χ1v) is 14.6. The first kappa shape index (κ1) is 25.1. The van der Waals surface area contributed by atoms with E-state index in [2.05, 4.69) is 0 Å². The third-order valence-corrected chi connectivity index (χ3v) is 9.92. The van der Waals surface area contributed by atoms with Gasteiger partial charge in [0, 0.05) is 25.6 Å². The number of ether oxygens (including phenoxy) is 2. The van der Waals surface area contributed by atoms with Gasteiger partial charge in [-0.05, 0) is 56.9 Å². The van der Waals surface area contributed by atoms with Crippen LogP contribution < -0.4 is 9.64 Å². The zero-order valence-electron chi connectivity index (χ0n) is 20.6. The Labute approximate surface area is 215 Å². The third-order valence-electron chi connectivity index (χ3n) is 6.96. The first-order valence-electron chi connectivity index (χ1n) is 12.3. The van der Waals surface area contributed by atoms with Gasteiger partial charge in [0.05, 0.1) is 29.4 Å². The number of rotatable bonds is 7. The molecule has 5 rings (SSSR count). The van der Waals surface area contributed by atoms with E-state index >= 15 is 0 Å². The summed E-state index contributed by atoms with van der Waals surface area (Å²) >= 11 is 1.47. The fourth-order valence-electron chi connectivity index (χ4n) is 4.87. The number of fused-ring (bicyclic) bond motifs is 1. The number of hydrogen-bond donors (Lipinski definition) is 0. The molecule has 2 aromatic carbocycles. The summed E-state index contributed by atoms with van der Waals surface area (Å²) in [6.45, 7) is 3.71. The van der Waals surface area contributed by atoms with Gasteiger partial charge in [-0.25, -0.2) is 13.4 Å². The predicted molar refractivity (Wildman–Crippen MR) is 140 cm³/mol. The highest BCUT2D eigenvalue weighted by molar-refractivity contribution is 7.89. The van der Waals surface area contributed by atoms with Gasteiger partial charge in [-0.15, -0.1) is 0 Å². The van der Waals surface area contributed by atoms with Crippen molar-refractivity contribution in [3.63, 3.8) is 0 Å². The molecule has 0 radical (unpaired) electrons. The Hall–Kier alpha value is -2.53. The Morgan fingerprint density at radius 3 is 2.58 bits per heavy atom. The number of sulfonamides is 1. The molecular weight excluding hydrogens is 498 g/mol. The molecule has 8 nitrogen and oxygen atoms in total. The van der Waals surface area contributed by atoms with Crippen molar-refractivity contribution in [3.05, 3.63) is 48.0 Å². The van der Waals surface area contributed by atoms with E-state index in [0.29, 0.717) is 54.9 Å². The number of para-hydroxylation sites is 1. The number of nitrogens with zero attached hydrogens (tertiary/aromatic N) is 3. The summed E-state index contributed by atoms with van der Waals surface area (Å²) in [4.78, 5) is 20.7.